The number of rotatable bonds is 2. The van der Waals surface area contributed by atoms with Crippen molar-refractivity contribution in [1.29, 1.82) is 0 Å². The maximum absolute atomic E-state index is 13.2. The van der Waals surface area contributed by atoms with Crippen molar-refractivity contribution in [3.63, 3.8) is 0 Å². The van der Waals surface area contributed by atoms with Crippen LogP contribution in [0.4, 0.5) is 4.39 Å². The first-order valence-electron chi connectivity index (χ1n) is 5.13. The van der Waals surface area contributed by atoms with E-state index in [0.717, 1.165) is 11.2 Å². The highest BCUT2D eigenvalue weighted by Gasteiger charge is 2.10. The summed E-state index contributed by atoms with van der Waals surface area (Å²) in [5.41, 5.74) is 2.77. The summed E-state index contributed by atoms with van der Waals surface area (Å²) in [6.07, 6.45) is 2.17. The number of nitrogens with zero attached hydrogens (tertiary/aromatic N) is 4. The number of aromatic nitrogens is 4. The molecule has 0 unspecified atom stereocenters. The number of fused-ring (bicyclic) bond motifs is 3. The highest BCUT2D eigenvalue weighted by atomic mass is 35.5. The highest BCUT2D eigenvalue weighted by Crippen LogP contribution is 2.18. The summed E-state index contributed by atoms with van der Waals surface area (Å²) >= 11 is 5.71. The summed E-state index contributed by atoms with van der Waals surface area (Å²) in [6, 6.07) is 4.45. The molecular weight excluding hydrogens is 243 g/mol. The maximum Gasteiger partial charge on any atom is 0.182 e. The second-order valence-electron chi connectivity index (χ2n) is 3.66. The summed E-state index contributed by atoms with van der Waals surface area (Å²) in [6.45, 7) is 0. The van der Waals surface area contributed by atoms with Crippen LogP contribution in [-0.4, -0.2) is 25.5 Å². The van der Waals surface area contributed by atoms with E-state index in [1.165, 1.54) is 12.1 Å². The molecule has 0 N–H and O–H groups in total. The predicted molar refractivity (Wildman–Crippen MR) is 62.7 cm³/mol. The van der Waals surface area contributed by atoms with E-state index in [0.29, 0.717) is 23.5 Å². The Labute approximate surface area is 101 Å². The van der Waals surface area contributed by atoms with Gasteiger partial charge < -0.3 is 0 Å². The lowest BCUT2D eigenvalue weighted by atomic mass is 10.2. The van der Waals surface area contributed by atoms with E-state index in [1.807, 2.05) is 0 Å². The van der Waals surface area contributed by atoms with E-state index >= 15 is 0 Å². The Morgan fingerprint density at radius 3 is 3.06 bits per heavy atom. The molecule has 0 radical (unpaired) electrons. The number of halogens is 2. The molecule has 0 aliphatic rings. The molecule has 1 aromatic carbocycles. The first-order chi connectivity index (χ1) is 8.29. The minimum atomic E-state index is -0.311. The van der Waals surface area contributed by atoms with Gasteiger partial charge in [-0.05, 0) is 12.1 Å². The molecule has 2 aromatic heterocycles. The van der Waals surface area contributed by atoms with Crippen LogP contribution in [0.15, 0.2) is 24.5 Å². The molecule has 0 aliphatic carbocycles. The summed E-state index contributed by atoms with van der Waals surface area (Å²) in [5.74, 6) is 0.130. The van der Waals surface area contributed by atoms with Crippen LogP contribution in [0.25, 0.3) is 16.7 Å². The Hall–Kier alpha value is -1.75. The molecule has 6 heteroatoms. The zero-order valence-electron chi connectivity index (χ0n) is 8.77. The van der Waals surface area contributed by atoms with Crippen LogP contribution in [0.1, 0.15) is 5.69 Å². The Balaban J connectivity index is 2.42. The van der Waals surface area contributed by atoms with Gasteiger partial charge in [0.2, 0.25) is 0 Å². The molecule has 2 heterocycles. The molecule has 3 aromatic rings. The highest BCUT2D eigenvalue weighted by molar-refractivity contribution is 6.18. The summed E-state index contributed by atoms with van der Waals surface area (Å²) in [4.78, 5) is 4.38. The Morgan fingerprint density at radius 1 is 1.35 bits per heavy atom. The zero-order valence-corrected chi connectivity index (χ0v) is 9.52. The van der Waals surface area contributed by atoms with Crippen molar-refractivity contribution >= 4 is 28.3 Å². The molecule has 0 aliphatic heterocycles. The van der Waals surface area contributed by atoms with Crippen molar-refractivity contribution in [1.82, 2.24) is 19.6 Å². The number of hydrogen-bond acceptors (Lipinski definition) is 3. The van der Waals surface area contributed by atoms with Crippen molar-refractivity contribution in [3.05, 3.63) is 36.0 Å². The average Bonchev–Trinajstić information content (AvgIpc) is 2.78. The van der Waals surface area contributed by atoms with Gasteiger partial charge in [-0.2, -0.15) is 0 Å². The van der Waals surface area contributed by atoms with E-state index < -0.39 is 0 Å². The molecule has 4 nitrogen and oxygen atoms in total. The lowest BCUT2D eigenvalue weighted by Gasteiger charge is -2.05. The Kier molecular flexibility index (Phi) is 2.40. The van der Waals surface area contributed by atoms with Crippen molar-refractivity contribution in [2.45, 2.75) is 6.42 Å². The normalized spacial score (nSPS) is 11.4. The number of aryl methyl sites for hydroxylation is 1. The van der Waals surface area contributed by atoms with Gasteiger partial charge in [-0.15, -0.1) is 21.8 Å². The molecule has 0 amide bonds. The van der Waals surface area contributed by atoms with Crippen LogP contribution in [0.2, 0.25) is 0 Å². The van der Waals surface area contributed by atoms with Crippen LogP contribution in [0.3, 0.4) is 0 Å². The third-order valence-electron chi connectivity index (χ3n) is 2.59. The van der Waals surface area contributed by atoms with Gasteiger partial charge in [0.25, 0.3) is 0 Å². The van der Waals surface area contributed by atoms with E-state index in [-0.39, 0.29) is 5.82 Å². The first-order valence-corrected chi connectivity index (χ1v) is 5.67. The topological polar surface area (TPSA) is 43.1 Å². The number of hydrogen-bond donors (Lipinski definition) is 0. The van der Waals surface area contributed by atoms with Crippen molar-refractivity contribution < 1.29 is 4.39 Å². The maximum atomic E-state index is 13.2. The molecule has 0 bridgehead atoms. The molecule has 0 saturated heterocycles. The fourth-order valence-corrected chi connectivity index (χ4v) is 2.03. The molecule has 17 heavy (non-hydrogen) atoms. The van der Waals surface area contributed by atoms with Crippen molar-refractivity contribution in [3.8, 4) is 0 Å². The third-order valence-corrected chi connectivity index (χ3v) is 2.78. The molecule has 0 spiro atoms. The Bertz CT molecular complexity index is 694. The van der Waals surface area contributed by atoms with Gasteiger partial charge in [0.15, 0.2) is 5.65 Å². The largest absolute Gasteiger partial charge is 0.278 e. The second-order valence-corrected chi connectivity index (χ2v) is 4.03. The lowest BCUT2D eigenvalue weighted by Crippen LogP contribution is -2.00. The standard InChI is InChI=1S/C11H8ClFN4/c12-4-3-8-11-16-14-6-17(11)10-2-1-7(13)5-9(10)15-8/h1-2,5-6H,3-4H2. The molecule has 0 atom stereocenters. The summed E-state index contributed by atoms with van der Waals surface area (Å²) in [5, 5.41) is 7.86. The van der Waals surface area contributed by atoms with E-state index in [4.69, 9.17) is 11.6 Å². The quantitative estimate of drug-likeness (QED) is 0.655. The predicted octanol–water partition coefficient (Wildman–Crippen LogP) is 2.20. The fourth-order valence-electron chi connectivity index (χ4n) is 1.85. The molecular formula is C11H8ClFN4. The van der Waals surface area contributed by atoms with Crippen LogP contribution >= 0.6 is 11.6 Å². The van der Waals surface area contributed by atoms with Gasteiger partial charge in [-0.25, -0.2) is 9.37 Å². The van der Waals surface area contributed by atoms with Gasteiger partial charge in [-0.3, -0.25) is 4.40 Å². The number of benzene rings is 1. The van der Waals surface area contributed by atoms with Gasteiger partial charge in [0.05, 0.1) is 16.7 Å². The SMILES string of the molecule is Fc1ccc2c(c1)nc(CCCl)c1nncn12. The summed E-state index contributed by atoms with van der Waals surface area (Å²) in [7, 11) is 0. The summed E-state index contributed by atoms with van der Waals surface area (Å²) < 4.78 is 15.0. The van der Waals surface area contributed by atoms with Crippen LogP contribution in [0.5, 0.6) is 0 Å². The van der Waals surface area contributed by atoms with Crippen molar-refractivity contribution in [2.24, 2.45) is 0 Å². The van der Waals surface area contributed by atoms with Gasteiger partial charge in [0, 0.05) is 18.4 Å². The average molecular weight is 251 g/mol. The smallest absolute Gasteiger partial charge is 0.182 e. The van der Waals surface area contributed by atoms with Gasteiger partial charge >= 0.3 is 0 Å². The molecule has 0 saturated carbocycles. The van der Waals surface area contributed by atoms with E-state index in [2.05, 4.69) is 15.2 Å². The van der Waals surface area contributed by atoms with E-state index in [1.54, 1.807) is 16.8 Å². The van der Waals surface area contributed by atoms with Crippen LogP contribution in [-0.2, 0) is 6.42 Å². The minimum absolute atomic E-state index is 0.311. The lowest BCUT2D eigenvalue weighted by molar-refractivity contribution is 0.629. The minimum Gasteiger partial charge on any atom is -0.278 e. The van der Waals surface area contributed by atoms with E-state index in [9.17, 15) is 4.39 Å². The van der Waals surface area contributed by atoms with Crippen LogP contribution < -0.4 is 0 Å². The van der Waals surface area contributed by atoms with Crippen LogP contribution in [0, 0.1) is 5.82 Å². The molecule has 86 valence electrons. The monoisotopic (exact) mass is 250 g/mol. The van der Waals surface area contributed by atoms with Gasteiger partial charge in [-0.1, -0.05) is 0 Å². The Morgan fingerprint density at radius 2 is 2.24 bits per heavy atom. The molecule has 3 rings (SSSR count). The zero-order chi connectivity index (χ0) is 11.8. The number of alkyl halides is 1. The van der Waals surface area contributed by atoms with Crippen molar-refractivity contribution in [2.75, 3.05) is 5.88 Å². The fraction of sp³-hybridized carbons (Fsp3) is 0.182. The second kappa shape index (κ2) is 3.92. The third kappa shape index (κ3) is 1.63. The first kappa shape index (κ1) is 10.4. The molecule has 0 fully saturated rings. The van der Waals surface area contributed by atoms with Gasteiger partial charge in [0.1, 0.15) is 12.1 Å².